The normalized spacial score (nSPS) is 17.2. The molecule has 1 N–H and O–H groups in total. The first-order chi connectivity index (χ1) is 16.9. The second-order valence-corrected chi connectivity index (χ2v) is 8.19. The highest BCUT2D eigenvalue weighted by atomic mass is 16.5. The zero-order valence-electron chi connectivity index (χ0n) is 20.6. The molecule has 1 saturated heterocycles. The number of aliphatic hydroxyl groups is 1. The van der Waals surface area contributed by atoms with Crippen LogP contribution >= 0.6 is 0 Å². The number of rotatable bonds is 10. The lowest BCUT2D eigenvalue weighted by molar-refractivity contribution is -0.140. The molecular formula is C27H32N2O6. The average molecular weight is 481 g/mol. The van der Waals surface area contributed by atoms with Crippen LogP contribution < -0.4 is 4.74 Å². The van der Waals surface area contributed by atoms with Gasteiger partial charge in [0, 0.05) is 6.54 Å². The van der Waals surface area contributed by atoms with E-state index in [4.69, 9.17) is 9.47 Å². The van der Waals surface area contributed by atoms with Gasteiger partial charge in [0.15, 0.2) is 0 Å². The third kappa shape index (κ3) is 5.38. The fourth-order valence-corrected chi connectivity index (χ4v) is 4.37. The van der Waals surface area contributed by atoms with Crippen molar-refractivity contribution >= 4 is 23.4 Å². The van der Waals surface area contributed by atoms with Gasteiger partial charge in [-0.1, -0.05) is 38.1 Å². The molecule has 1 heterocycles. The highest BCUT2D eigenvalue weighted by Gasteiger charge is 2.46. The lowest BCUT2D eigenvalue weighted by Crippen LogP contribution is -2.33. The number of methoxy groups -OCH3 is 2. The minimum Gasteiger partial charge on any atom is -0.507 e. The number of benzene rings is 2. The topological polar surface area (TPSA) is 96.4 Å². The Morgan fingerprint density at radius 2 is 1.69 bits per heavy atom. The summed E-state index contributed by atoms with van der Waals surface area (Å²) in [7, 11) is 2.77. The summed E-state index contributed by atoms with van der Waals surface area (Å²) in [5.74, 6) is -1.81. The van der Waals surface area contributed by atoms with E-state index in [2.05, 4.69) is 18.7 Å². The lowest BCUT2D eigenvalue weighted by Gasteiger charge is -2.27. The van der Waals surface area contributed by atoms with Crippen LogP contribution in [0.3, 0.4) is 0 Å². The Hall–Kier alpha value is -3.65. The molecule has 0 spiro atoms. The number of likely N-dealkylation sites (tertiary alicyclic amines) is 1. The Labute approximate surface area is 205 Å². The summed E-state index contributed by atoms with van der Waals surface area (Å²) in [6, 6.07) is 12.5. The van der Waals surface area contributed by atoms with E-state index in [-0.39, 0.29) is 11.3 Å². The second kappa shape index (κ2) is 11.7. The number of Topliss-reactive ketones (excluding diaryl/α,β-unsaturated/α-hetero) is 1. The Morgan fingerprint density at radius 3 is 2.29 bits per heavy atom. The maximum Gasteiger partial charge on any atom is 0.337 e. The number of hydrogen-bond acceptors (Lipinski definition) is 7. The summed E-state index contributed by atoms with van der Waals surface area (Å²) in [5.41, 5.74) is 1.27. The molecule has 1 fully saturated rings. The SMILES string of the molecule is CCN(CC)CCCN1C(=O)C(=O)/C(=C(/O)c2ccccc2OC)C1c1ccc(C(=O)OC)cc1. The van der Waals surface area contributed by atoms with Gasteiger partial charge in [-0.2, -0.15) is 0 Å². The van der Waals surface area contributed by atoms with Crippen LogP contribution in [0.25, 0.3) is 5.76 Å². The maximum atomic E-state index is 13.2. The number of carbonyl (C=O) groups is 3. The number of ether oxygens (including phenoxy) is 2. The van der Waals surface area contributed by atoms with Gasteiger partial charge in [-0.3, -0.25) is 9.59 Å². The number of amides is 1. The summed E-state index contributed by atoms with van der Waals surface area (Å²) in [5, 5.41) is 11.3. The van der Waals surface area contributed by atoms with Gasteiger partial charge in [-0.05, 0) is 55.9 Å². The minimum atomic E-state index is -0.802. The van der Waals surface area contributed by atoms with E-state index >= 15 is 0 Å². The number of carbonyl (C=O) groups excluding carboxylic acids is 3. The van der Waals surface area contributed by atoms with Crippen LogP contribution in [0.5, 0.6) is 5.75 Å². The van der Waals surface area contributed by atoms with E-state index in [9.17, 15) is 19.5 Å². The predicted molar refractivity (Wildman–Crippen MR) is 132 cm³/mol. The molecule has 0 saturated carbocycles. The van der Waals surface area contributed by atoms with Gasteiger partial charge >= 0.3 is 5.97 Å². The molecule has 8 heteroatoms. The van der Waals surface area contributed by atoms with Crippen molar-refractivity contribution in [1.29, 1.82) is 0 Å². The monoisotopic (exact) mass is 480 g/mol. The van der Waals surface area contributed by atoms with Gasteiger partial charge in [0.1, 0.15) is 11.5 Å². The molecule has 0 aliphatic carbocycles. The molecule has 1 aliphatic heterocycles. The Balaban J connectivity index is 2.08. The first-order valence-corrected chi connectivity index (χ1v) is 11.7. The third-order valence-corrected chi connectivity index (χ3v) is 6.32. The van der Waals surface area contributed by atoms with Crippen molar-refractivity contribution in [3.05, 3.63) is 70.8 Å². The quantitative estimate of drug-likeness (QED) is 0.240. The summed E-state index contributed by atoms with van der Waals surface area (Å²) in [6.45, 7) is 7.05. The molecule has 186 valence electrons. The molecule has 2 aromatic carbocycles. The fourth-order valence-electron chi connectivity index (χ4n) is 4.37. The Kier molecular flexibility index (Phi) is 8.65. The fraction of sp³-hybridized carbons (Fsp3) is 0.370. The Bertz CT molecular complexity index is 1100. The minimum absolute atomic E-state index is 0.00634. The smallest absolute Gasteiger partial charge is 0.337 e. The molecule has 0 aromatic heterocycles. The van der Waals surface area contributed by atoms with E-state index < -0.39 is 23.7 Å². The first kappa shape index (κ1) is 26.0. The number of hydrogen-bond donors (Lipinski definition) is 1. The largest absolute Gasteiger partial charge is 0.507 e. The highest BCUT2D eigenvalue weighted by molar-refractivity contribution is 6.46. The molecule has 1 amide bonds. The average Bonchev–Trinajstić information content (AvgIpc) is 3.15. The number of para-hydroxylation sites is 1. The molecule has 1 unspecified atom stereocenters. The standard InChI is InChI=1S/C27H32N2O6/c1-5-28(6-2)16-9-17-29-23(18-12-14-19(15-13-18)27(33)35-4)22(25(31)26(29)32)24(30)20-10-7-8-11-21(20)34-3/h7-8,10-15,23,30H,5-6,9,16-17H2,1-4H3/b24-22+. The zero-order valence-corrected chi connectivity index (χ0v) is 20.6. The highest BCUT2D eigenvalue weighted by Crippen LogP contribution is 2.41. The van der Waals surface area contributed by atoms with Crippen molar-refractivity contribution in [2.75, 3.05) is 40.4 Å². The molecule has 1 atom stereocenters. The van der Waals surface area contributed by atoms with Crippen molar-refractivity contribution in [3.8, 4) is 5.75 Å². The van der Waals surface area contributed by atoms with Gasteiger partial charge in [0.25, 0.3) is 11.7 Å². The number of ketones is 1. The van der Waals surface area contributed by atoms with Crippen LogP contribution in [0.4, 0.5) is 0 Å². The van der Waals surface area contributed by atoms with E-state index in [1.54, 1.807) is 48.5 Å². The number of nitrogens with zero attached hydrogens (tertiary/aromatic N) is 2. The number of esters is 1. The molecule has 2 aromatic rings. The maximum absolute atomic E-state index is 13.2. The molecule has 8 nitrogen and oxygen atoms in total. The first-order valence-electron chi connectivity index (χ1n) is 11.7. The van der Waals surface area contributed by atoms with Crippen LogP contribution in [-0.2, 0) is 14.3 Å². The Morgan fingerprint density at radius 1 is 1.03 bits per heavy atom. The molecule has 0 radical (unpaired) electrons. The molecule has 0 bridgehead atoms. The van der Waals surface area contributed by atoms with Crippen molar-refractivity contribution in [2.45, 2.75) is 26.3 Å². The predicted octanol–water partition coefficient (Wildman–Crippen LogP) is 3.64. The van der Waals surface area contributed by atoms with E-state index in [0.29, 0.717) is 35.4 Å². The van der Waals surface area contributed by atoms with E-state index in [1.807, 2.05) is 0 Å². The molecule has 35 heavy (non-hydrogen) atoms. The van der Waals surface area contributed by atoms with Crippen LogP contribution in [0.1, 0.15) is 47.8 Å². The van der Waals surface area contributed by atoms with Crippen LogP contribution in [0.2, 0.25) is 0 Å². The van der Waals surface area contributed by atoms with E-state index in [0.717, 1.165) is 19.6 Å². The third-order valence-electron chi connectivity index (χ3n) is 6.32. The van der Waals surface area contributed by atoms with Gasteiger partial charge in [0.05, 0.1) is 37.0 Å². The van der Waals surface area contributed by atoms with Crippen molar-refractivity contribution in [3.63, 3.8) is 0 Å². The van der Waals surface area contributed by atoms with Gasteiger partial charge in [-0.15, -0.1) is 0 Å². The van der Waals surface area contributed by atoms with Crippen molar-refractivity contribution in [1.82, 2.24) is 9.80 Å². The van der Waals surface area contributed by atoms with Gasteiger partial charge in [-0.25, -0.2) is 4.79 Å². The van der Waals surface area contributed by atoms with Gasteiger partial charge in [0.2, 0.25) is 0 Å². The van der Waals surface area contributed by atoms with Crippen LogP contribution in [0, 0.1) is 0 Å². The lowest BCUT2D eigenvalue weighted by atomic mass is 9.94. The van der Waals surface area contributed by atoms with Gasteiger partial charge < -0.3 is 24.4 Å². The summed E-state index contributed by atoms with van der Waals surface area (Å²) >= 11 is 0. The van der Waals surface area contributed by atoms with Crippen molar-refractivity contribution < 1.29 is 29.0 Å². The second-order valence-electron chi connectivity index (χ2n) is 8.19. The summed E-state index contributed by atoms with van der Waals surface area (Å²) in [6.07, 6.45) is 0.667. The van der Waals surface area contributed by atoms with Crippen LogP contribution in [-0.4, -0.2) is 73.0 Å². The molecular weight excluding hydrogens is 448 g/mol. The number of aliphatic hydroxyl groups excluding tert-OH is 1. The summed E-state index contributed by atoms with van der Waals surface area (Å²) < 4.78 is 10.1. The zero-order chi connectivity index (χ0) is 25.5. The van der Waals surface area contributed by atoms with Crippen LogP contribution in [0.15, 0.2) is 54.1 Å². The van der Waals surface area contributed by atoms with Crippen molar-refractivity contribution in [2.24, 2.45) is 0 Å². The molecule has 1 aliphatic rings. The van der Waals surface area contributed by atoms with E-state index in [1.165, 1.54) is 19.1 Å². The molecule has 3 rings (SSSR count). The summed E-state index contributed by atoms with van der Waals surface area (Å²) in [4.78, 5) is 42.0.